The lowest BCUT2D eigenvalue weighted by atomic mass is 10.1. The number of hydrogen-bond acceptors (Lipinski definition) is 6. The van der Waals surface area contributed by atoms with Gasteiger partial charge >= 0.3 is 0 Å². The Hall–Kier alpha value is -2.00. The normalized spacial score (nSPS) is 16.2. The molecule has 9 nitrogen and oxygen atoms in total. The van der Waals surface area contributed by atoms with Crippen LogP contribution in [0.1, 0.15) is 34.1 Å². The monoisotopic (exact) mass is 343 g/mol. The van der Waals surface area contributed by atoms with Gasteiger partial charge in [0, 0.05) is 12.8 Å². The predicted octanol–water partition coefficient (Wildman–Crippen LogP) is -1.49. The Labute approximate surface area is 142 Å². The first kappa shape index (κ1) is 22.0. The molecule has 0 heterocycles. The minimum Gasteiger partial charge on any atom is -0.377 e. The first-order chi connectivity index (χ1) is 11.2. The molecular formula is C15H29N5O4. The van der Waals surface area contributed by atoms with E-state index in [2.05, 4.69) is 20.9 Å². The van der Waals surface area contributed by atoms with Gasteiger partial charge in [-0.3, -0.25) is 24.7 Å². The first-order valence-corrected chi connectivity index (χ1v) is 8.00. The molecule has 0 aromatic carbocycles. The van der Waals surface area contributed by atoms with E-state index in [9.17, 15) is 19.5 Å². The molecule has 6 N–H and O–H groups in total. The van der Waals surface area contributed by atoms with Crippen LogP contribution in [0, 0.1) is 5.92 Å². The van der Waals surface area contributed by atoms with Gasteiger partial charge in [0.15, 0.2) is 0 Å². The average molecular weight is 343 g/mol. The summed E-state index contributed by atoms with van der Waals surface area (Å²) in [6.45, 7) is 7.25. The van der Waals surface area contributed by atoms with Crippen LogP contribution < -0.4 is 21.7 Å². The van der Waals surface area contributed by atoms with Gasteiger partial charge in [0.2, 0.25) is 17.7 Å². The lowest BCUT2D eigenvalue weighted by Crippen LogP contribution is -2.52. The maximum absolute atomic E-state index is 11.9. The van der Waals surface area contributed by atoms with Crippen molar-refractivity contribution in [2.45, 2.75) is 52.4 Å². The van der Waals surface area contributed by atoms with Crippen molar-refractivity contribution in [3.8, 4) is 0 Å². The summed E-state index contributed by atoms with van der Waals surface area (Å²) < 4.78 is 0. The lowest BCUT2D eigenvalue weighted by molar-refractivity contribution is -0.129. The minimum atomic E-state index is -1.13. The number of carbonyl (C=O) groups is 3. The SMILES string of the molecule is CCCN=CC(C)C(=O)NC(C)C(=O)NCC(O)NC(C)C(N)=O. The van der Waals surface area contributed by atoms with Crippen molar-refractivity contribution in [2.75, 3.05) is 13.1 Å². The Morgan fingerprint density at radius 2 is 1.79 bits per heavy atom. The quantitative estimate of drug-likeness (QED) is 0.229. The van der Waals surface area contributed by atoms with Crippen LogP contribution in [0.25, 0.3) is 0 Å². The Kier molecular flexibility index (Phi) is 10.6. The smallest absolute Gasteiger partial charge is 0.242 e. The van der Waals surface area contributed by atoms with Crippen LogP contribution in [0.3, 0.4) is 0 Å². The molecule has 0 bridgehead atoms. The summed E-state index contributed by atoms with van der Waals surface area (Å²) in [7, 11) is 0. The van der Waals surface area contributed by atoms with Crippen LogP contribution in [-0.4, -0.2) is 60.4 Å². The number of primary amides is 1. The molecular weight excluding hydrogens is 314 g/mol. The van der Waals surface area contributed by atoms with Crippen molar-refractivity contribution < 1.29 is 19.5 Å². The summed E-state index contributed by atoms with van der Waals surface area (Å²) in [5.74, 6) is -1.80. The molecule has 138 valence electrons. The molecule has 0 aliphatic rings. The summed E-state index contributed by atoms with van der Waals surface area (Å²) in [6, 6.07) is -1.49. The number of nitrogens with two attached hydrogens (primary N) is 1. The van der Waals surface area contributed by atoms with Gasteiger partial charge < -0.3 is 21.5 Å². The highest BCUT2D eigenvalue weighted by molar-refractivity contribution is 5.95. The fourth-order valence-corrected chi connectivity index (χ4v) is 1.62. The zero-order valence-corrected chi connectivity index (χ0v) is 14.7. The first-order valence-electron chi connectivity index (χ1n) is 8.00. The fourth-order valence-electron chi connectivity index (χ4n) is 1.62. The number of aliphatic hydroxyl groups excluding tert-OH is 1. The van der Waals surface area contributed by atoms with E-state index in [1.54, 1.807) is 13.1 Å². The second-order valence-corrected chi connectivity index (χ2v) is 5.63. The van der Waals surface area contributed by atoms with E-state index in [4.69, 9.17) is 5.73 Å². The third kappa shape index (κ3) is 9.21. The molecule has 0 fully saturated rings. The highest BCUT2D eigenvalue weighted by Gasteiger charge is 2.20. The van der Waals surface area contributed by atoms with Crippen LogP contribution >= 0.6 is 0 Å². The summed E-state index contributed by atoms with van der Waals surface area (Å²) in [6.07, 6.45) is 1.33. The van der Waals surface area contributed by atoms with E-state index in [-0.39, 0.29) is 12.5 Å². The van der Waals surface area contributed by atoms with E-state index in [1.807, 2.05) is 6.92 Å². The third-order valence-electron chi connectivity index (χ3n) is 3.19. The maximum atomic E-state index is 11.9. The number of aliphatic imine (C=N–C) groups is 1. The average Bonchev–Trinajstić information content (AvgIpc) is 2.52. The molecule has 0 saturated carbocycles. The Balaban J connectivity index is 4.23. The zero-order chi connectivity index (χ0) is 18.7. The van der Waals surface area contributed by atoms with Gasteiger partial charge in [-0.1, -0.05) is 6.92 Å². The Morgan fingerprint density at radius 3 is 2.33 bits per heavy atom. The topological polar surface area (TPSA) is 146 Å². The molecule has 0 rings (SSSR count). The number of carbonyl (C=O) groups excluding carboxylic acids is 3. The summed E-state index contributed by atoms with van der Waals surface area (Å²) in [5, 5.41) is 17.2. The zero-order valence-electron chi connectivity index (χ0n) is 14.7. The van der Waals surface area contributed by atoms with E-state index in [0.29, 0.717) is 6.54 Å². The van der Waals surface area contributed by atoms with Crippen molar-refractivity contribution in [2.24, 2.45) is 16.6 Å². The van der Waals surface area contributed by atoms with Crippen LogP contribution in [0.5, 0.6) is 0 Å². The van der Waals surface area contributed by atoms with Gasteiger partial charge in [-0.2, -0.15) is 0 Å². The standard InChI is InChI=1S/C15H29N5O4/c1-5-6-17-7-9(2)14(23)20-11(4)15(24)18-8-12(21)19-10(3)13(16)22/h7,9-12,19,21H,5-6,8H2,1-4H3,(H2,16,22)(H,18,24)(H,20,23). The molecule has 0 spiro atoms. The molecule has 0 aromatic heterocycles. The van der Waals surface area contributed by atoms with Gasteiger partial charge in [-0.05, 0) is 27.2 Å². The van der Waals surface area contributed by atoms with Crippen molar-refractivity contribution in [3.63, 3.8) is 0 Å². The number of hydrogen-bond donors (Lipinski definition) is 5. The van der Waals surface area contributed by atoms with Crippen molar-refractivity contribution in [1.82, 2.24) is 16.0 Å². The Morgan fingerprint density at radius 1 is 1.17 bits per heavy atom. The number of rotatable bonds is 11. The number of aliphatic hydroxyl groups is 1. The Bertz CT molecular complexity index is 455. The van der Waals surface area contributed by atoms with Crippen molar-refractivity contribution >= 4 is 23.9 Å². The molecule has 0 aliphatic heterocycles. The fraction of sp³-hybridized carbons (Fsp3) is 0.733. The largest absolute Gasteiger partial charge is 0.377 e. The third-order valence-corrected chi connectivity index (χ3v) is 3.19. The molecule has 4 unspecified atom stereocenters. The highest BCUT2D eigenvalue weighted by Crippen LogP contribution is 1.94. The van der Waals surface area contributed by atoms with Crippen LogP contribution in [0.15, 0.2) is 4.99 Å². The van der Waals surface area contributed by atoms with Gasteiger partial charge in [-0.25, -0.2) is 0 Å². The highest BCUT2D eigenvalue weighted by atomic mass is 16.3. The van der Waals surface area contributed by atoms with Crippen LogP contribution in [0.4, 0.5) is 0 Å². The summed E-state index contributed by atoms with van der Waals surface area (Å²) in [4.78, 5) is 38.8. The number of nitrogens with zero attached hydrogens (tertiary/aromatic N) is 1. The van der Waals surface area contributed by atoms with Crippen LogP contribution in [0.2, 0.25) is 0 Å². The van der Waals surface area contributed by atoms with E-state index >= 15 is 0 Å². The van der Waals surface area contributed by atoms with E-state index in [0.717, 1.165) is 6.42 Å². The van der Waals surface area contributed by atoms with E-state index < -0.39 is 36.0 Å². The second-order valence-electron chi connectivity index (χ2n) is 5.63. The van der Waals surface area contributed by atoms with Crippen LogP contribution in [-0.2, 0) is 14.4 Å². The van der Waals surface area contributed by atoms with Gasteiger partial charge in [-0.15, -0.1) is 0 Å². The van der Waals surface area contributed by atoms with Crippen molar-refractivity contribution in [3.05, 3.63) is 0 Å². The molecule has 0 aliphatic carbocycles. The van der Waals surface area contributed by atoms with Gasteiger partial charge in [0.25, 0.3) is 0 Å². The molecule has 0 radical (unpaired) electrons. The summed E-state index contributed by atoms with van der Waals surface area (Å²) in [5.41, 5.74) is 5.06. The van der Waals surface area contributed by atoms with Gasteiger partial charge in [0.1, 0.15) is 12.3 Å². The molecule has 4 atom stereocenters. The molecule has 9 heteroatoms. The molecule has 3 amide bonds. The van der Waals surface area contributed by atoms with Crippen molar-refractivity contribution in [1.29, 1.82) is 0 Å². The van der Waals surface area contributed by atoms with E-state index in [1.165, 1.54) is 13.8 Å². The molecule has 0 saturated heterocycles. The molecule has 0 aromatic rings. The number of nitrogens with one attached hydrogen (secondary N) is 3. The predicted molar refractivity (Wildman–Crippen MR) is 91.2 cm³/mol. The maximum Gasteiger partial charge on any atom is 0.242 e. The number of amides is 3. The second kappa shape index (κ2) is 11.5. The summed E-state index contributed by atoms with van der Waals surface area (Å²) >= 11 is 0. The molecule has 24 heavy (non-hydrogen) atoms. The minimum absolute atomic E-state index is 0.121. The van der Waals surface area contributed by atoms with Gasteiger partial charge in [0.05, 0.1) is 18.5 Å². The lowest BCUT2D eigenvalue weighted by Gasteiger charge is -2.19.